The summed E-state index contributed by atoms with van der Waals surface area (Å²) in [7, 11) is 0. The average molecular weight is 420 g/mol. The molecule has 0 fully saturated rings. The van der Waals surface area contributed by atoms with Crippen LogP contribution in [0.1, 0.15) is 0 Å². The van der Waals surface area contributed by atoms with Crippen LogP contribution in [0.5, 0.6) is 11.5 Å². The lowest BCUT2D eigenvalue weighted by molar-refractivity contribution is 0.429. The first kappa shape index (κ1) is 15.7. The van der Waals surface area contributed by atoms with E-state index in [1.165, 1.54) is 0 Å². The Hall–Kier alpha value is -2.78. The van der Waals surface area contributed by atoms with Gasteiger partial charge < -0.3 is 9.26 Å². The van der Waals surface area contributed by atoms with Crippen LogP contribution in [0.25, 0.3) is 23.1 Å². The highest BCUT2D eigenvalue weighted by Crippen LogP contribution is 2.32. The first-order chi connectivity index (χ1) is 12.2. The summed E-state index contributed by atoms with van der Waals surface area (Å²) in [4.78, 5) is 4.24. The van der Waals surface area contributed by atoms with Crippen LogP contribution in [0.3, 0.4) is 0 Å². The summed E-state index contributed by atoms with van der Waals surface area (Å²) in [6, 6.07) is 12.6. The Labute approximate surface area is 154 Å². The highest BCUT2D eigenvalue weighted by Gasteiger charge is 2.13. The van der Waals surface area contributed by atoms with Gasteiger partial charge in [-0.2, -0.15) is 4.98 Å². The van der Waals surface area contributed by atoms with Crippen LogP contribution in [-0.2, 0) is 0 Å². The lowest BCUT2D eigenvalue weighted by Crippen LogP contribution is -1.87. The summed E-state index contributed by atoms with van der Waals surface area (Å²) in [5.74, 6) is 2.12. The van der Waals surface area contributed by atoms with Crippen LogP contribution >= 0.6 is 27.5 Å². The molecular formula is C15H8BrClN6O2. The number of nitrogens with one attached hydrogen (secondary N) is 1. The standard InChI is InChI=1S/C15H8BrClN6O2/c16-9-3-6-11(17)12(7-9)24-10-4-1-8(2-5-10)13-18-15(25-21-13)14-19-22-23-20-14/h1-7H,(H,19,20,22,23). The van der Waals surface area contributed by atoms with Gasteiger partial charge in [0.15, 0.2) is 0 Å². The number of H-pyrrole nitrogens is 1. The van der Waals surface area contributed by atoms with Gasteiger partial charge in [0.05, 0.1) is 5.02 Å². The molecule has 0 saturated heterocycles. The molecule has 0 aliphatic rings. The quantitative estimate of drug-likeness (QED) is 0.530. The topological polar surface area (TPSA) is 103 Å². The maximum absolute atomic E-state index is 6.13. The largest absolute Gasteiger partial charge is 0.456 e. The molecule has 10 heteroatoms. The van der Waals surface area contributed by atoms with Crippen LogP contribution < -0.4 is 4.74 Å². The molecule has 4 rings (SSSR count). The fourth-order valence-electron chi connectivity index (χ4n) is 2.04. The second kappa shape index (κ2) is 6.61. The van der Waals surface area contributed by atoms with E-state index in [0.29, 0.717) is 28.2 Å². The van der Waals surface area contributed by atoms with Crippen molar-refractivity contribution in [2.45, 2.75) is 0 Å². The number of aromatic nitrogens is 6. The Kier molecular flexibility index (Phi) is 4.16. The summed E-state index contributed by atoms with van der Waals surface area (Å²) in [6.07, 6.45) is 0. The first-order valence-electron chi connectivity index (χ1n) is 7.00. The van der Waals surface area contributed by atoms with Gasteiger partial charge in [0.1, 0.15) is 11.5 Å². The molecule has 25 heavy (non-hydrogen) atoms. The molecule has 2 aromatic carbocycles. The highest BCUT2D eigenvalue weighted by atomic mass is 79.9. The van der Waals surface area contributed by atoms with Crippen molar-refractivity contribution in [1.82, 2.24) is 30.8 Å². The van der Waals surface area contributed by atoms with E-state index in [9.17, 15) is 0 Å². The van der Waals surface area contributed by atoms with Gasteiger partial charge >= 0.3 is 0 Å². The minimum absolute atomic E-state index is 0.209. The van der Waals surface area contributed by atoms with Crippen LogP contribution in [0, 0.1) is 0 Å². The molecule has 0 saturated carbocycles. The number of rotatable bonds is 4. The van der Waals surface area contributed by atoms with Gasteiger partial charge in [0.2, 0.25) is 11.6 Å². The third-order valence-corrected chi connectivity index (χ3v) is 4.01. The van der Waals surface area contributed by atoms with Gasteiger partial charge in [0.25, 0.3) is 5.89 Å². The SMILES string of the molecule is Clc1ccc(Br)cc1Oc1ccc(-c2noc(-c3nnn[nH]3)n2)cc1. The second-order valence-electron chi connectivity index (χ2n) is 4.87. The van der Waals surface area contributed by atoms with Crippen molar-refractivity contribution in [3.05, 3.63) is 52.0 Å². The number of hydrogen-bond donors (Lipinski definition) is 1. The fraction of sp³-hybridized carbons (Fsp3) is 0. The Bertz CT molecular complexity index is 1000. The molecule has 2 aromatic heterocycles. The Balaban J connectivity index is 1.55. The zero-order chi connectivity index (χ0) is 17.2. The molecule has 124 valence electrons. The molecule has 2 heterocycles. The molecule has 0 aliphatic carbocycles. The maximum Gasteiger partial charge on any atom is 0.297 e. The number of halogens is 2. The summed E-state index contributed by atoms with van der Waals surface area (Å²) in [5, 5.41) is 17.6. The van der Waals surface area contributed by atoms with Gasteiger partial charge in [0, 0.05) is 10.0 Å². The number of aromatic amines is 1. The number of benzene rings is 2. The average Bonchev–Trinajstić information content (AvgIpc) is 3.30. The smallest absolute Gasteiger partial charge is 0.297 e. The minimum atomic E-state index is 0.209. The Morgan fingerprint density at radius 2 is 1.96 bits per heavy atom. The van der Waals surface area contributed by atoms with E-state index in [0.717, 1.165) is 10.0 Å². The van der Waals surface area contributed by atoms with Crippen molar-refractivity contribution in [3.8, 4) is 34.6 Å². The van der Waals surface area contributed by atoms with Crippen molar-refractivity contribution in [1.29, 1.82) is 0 Å². The molecular weight excluding hydrogens is 412 g/mol. The van der Waals surface area contributed by atoms with Crippen LogP contribution in [-0.4, -0.2) is 30.8 Å². The zero-order valence-electron chi connectivity index (χ0n) is 12.3. The zero-order valence-corrected chi connectivity index (χ0v) is 14.7. The monoisotopic (exact) mass is 418 g/mol. The van der Waals surface area contributed by atoms with E-state index < -0.39 is 0 Å². The molecule has 0 amide bonds. The van der Waals surface area contributed by atoms with Gasteiger partial charge in [-0.05, 0) is 52.9 Å². The summed E-state index contributed by atoms with van der Waals surface area (Å²) < 4.78 is 11.8. The molecule has 1 N–H and O–H groups in total. The van der Waals surface area contributed by atoms with Crippen molar-refractivity contribution < 1.29 is 9.26 Å². The number of ether oxygens (including phenoxy) is 1. The van der Waals surface area contributed by atoms with Crippen molar-refractivity contribution >= 4 is 27.5 Å². The molecule has 0 unspecified atom stereocenters. The number of hydrogen-bond acceptors (Lipinski definition) is 7. The van der Waals surface area contributed by atoms with E-state index in [4.69, 9.17) is 20.9 Å². The Morgan fingerprint density at radius 3 is 2.72 bits per heavy atom. The van der Waals surface area contributed by atoms with E-state index >= 15 is 0 Å². The van der Waals surface area contributed by atoms with Crippen molar-refractivity contribution in [2.24, 2.45) is 0 Å². The van der Waals surface area contributed by atoms with Crippen LogP contribution in [0.15, 0.2) is 51.5 Å². The third-order valence-electron chi connectivity index (χ3n) is 3.21. The normalized spacial score (nSPS) is 10.8. The predicted octanol–water partition coefficient (Wildman–Crippen LogP) is 4.12. The Morgan fingerprint density at radius 1 is 1.12 bits per heavy atom. The molecule has 0 aliphatic heterocycles. The van der Waals surface area contributed by atoms with Gasteiger partial charge in [-0.1, -0.05) is 32.7 Å². The fourth-order valence-corrected chi connectivity index (χ4v) is 2.54. The second-order valence-corrected chi connectivity index (χ2v) is 6.20. The molecule has 0 bridgehead atoms. The van der Waals surface area contributed by atoms with Gasteiger partial charge in [-0.25, -0.2) is 5.10 Å². The third kappa shape index (κ3) is 3.37. The number of tetrazole rings is 1. The van der Waals surface area contributed by atoms with Gasteiger partial charge in [-0.15, -0.1) is 5.10 Å². The lowest BCUT2D eigenvalue weighted by atomic mass is 10.2. The lowest BCUT2D eigenvalue weighted by Gasteiger charge is -2.08. The summed E-state index contributed by atoms with van der Waals surface area (Å²) in [6.45, 7) is 0. The van der Waals surface area contributed by atoms with E-state index in [2.05, 4.69) is 46.7 Å². The molecule has 0 radical (unpaired) electrons. The summed E-state index contributed by atoms with van der Waals surface area (Å²) >= 11 is 9.52. The van der Waals surface area contributed by atoms with E-state index in [-0.39, 0.29) is 5.89 Å². The highest BCUT2D eigenvalue weighted by molar-refractivity contribution is 9.10. The first-order valence-corrected chi connectivity index (χ1v) is 8.17. The van der Waals surface area contributed by atoms with Crippen LogP contribution in [0.4, 0.5) is 0 Å². The molecule has 0 atom stereocenters. The van der Waals surface area contributed by atoms with Crippen molar-refractivity contribution in [2.75, 3.05) is 0 Å². The van der Waals surface area contributed by atoms with E-state index in [1.807, 2.05) is 18.2 Å². The molecule has 4 aromatic rings. The number of nitrogens with zero attached hydrogens (tertiary/aromatic N) is 5. The molecule has 8 nitrogen and oxygen atoms in total. The predicted molar refractivity (Wildman–Crippen MR) is 92.1 cm³/mol. The van der Waals surface area contributed by atoms with Crippen molar-refractivity contribution in [3.63, 3.8) is 0 Å². The van der Waals surface area contributed by atoms with Crippen LogP contribution in [0.2, 0.25) is 5.02 Å². The molecule has 0 spiro atoms. The van der Waals surface area contributed by atoms with Gasteiger partial charge in [-0.3, -0.25) is 0 Å². The summed E-state index contributed by atoms with van der Waals surface area (Å²) in [5.41, 5.74) is 0.759. The maximum atomic E-state index is 6.13. The van der Waals surface area contributed by atoms with E-state index in [1.54, 1.807) is 24.3 Å². The minimum Gasteiger partial charge on any atom is -0.456 e.